The molecule has 0 bridgehead atoms. The van der Waals surface area contributed by atoms with Crippen molar-refractivity contribution in [3.63, 3.8) is 0 Å². The maximum Gasteiger partial charge on any atom is 0.174 e. The lowest BCUT2D eigenvalue weighted by atomic mass is 10.1. The summed E-state index contributed by atoms with van der Waals surface area (Å²) in [5.74, 6) is 0.831. The van der Waals surface area contributed by atoms with Crippen LogP contribution in [0.15, 0.2) is 42.7 Å². The second-order valence-electron chi connectivity index (χ2n) is 4.87. The van der Waals surface area contributed by atoms with Gasteiger partial charge in [0.05, 0.1) is 18.1 Å². The summed E-state index contributed by atoms with van der Waals surface area (Å²) >= 11 is 0. The van der Waals surface area contributed by atoms with Crippen molar-refractivity contribution in [2.45, 2.75) is 13.5 Å². The molecule has 0 saturated carbocycles. The van der Waals surface area contributed by atoms with Crippen LogP contribution in [0, 0.1) is 12.7 Å². The van der Waals surface area contributed by atoms with Crippen LogP contribution in [0.3, 0.4) is 0 Å². The Bertz CT molecular complexity index is 783. The normalized spacial score (nSPS) is 10.7. The lowest BCUT2D eigenvalue weighted by molar-refractivity contribution is 0.480. The van der Waals surface area contributed by atoms with Gasteiger partial charge in [-0.25, -0.2) is 4.39 Å². The van der Waals surface area contributed by atoms with Crippen molar-refractivity contribution >= 4 is 0 Å². The number of nitrogens with two attached hydrogens (primary N) is 1. The highest BCUT2D eigenvalue weighted by molar-refractivity contribution is 5.62. The average Bonchev–Trinajstić information content (AvgIpc) is 2.98. The van der Waals surface area contributed by atoms with E-state index in [9.17, 15) is 4.39 Å². The number of nitrogens with one attached hydrogen (secondary N) is 1. The molecule has 0 amide bonds. The molecular weight excluding hydrogens is 283 g/mol. The molecular formula is C16H15FN4O. The third-order valence-corrected chi connectivity index (χ3v) is 3.28. The summed E-state index contributed by atoms with van der Waals surface area (Å²) in [4.78, 5) is 4.02. The van der Waals surface area contributed by atoms with Gasteiger partial charge in [0, 0.05) is 6.54 Å². The molecule has 0 aliphatic heterocycles. The number of aromatic nitrogens is 3. The van der Waals surface area contributed by atoms with Crippen molar-refractivity contribution in [1.82, 2.24) is 15.2 Å². The van der Waals surface area contributed by atoms with Gasteiger partial charge in [-0.2, -0.15) is 5.10 Å². The van der Waals surface area contributed by atoms with Crippen LogP contribution in [-0.2, 0) is 6.54 Å². The second-order valence-corrected chi connectivity index (χ2v) is 4.87. The first-order valence-corrected chi connectivity index (χ1v) is 6.80. The largest absolute Gasteiger partial charge is 0.453 e. The van der Waals surface area contributed by atoms with Crippen molar-refractivity contribution in [3.8, 4) is 22.9 Å². The van der Waals surface area contributed by atoms with E-state index in [-0.39, 0.29) is 0 Å². The fourth-order valence-corrected chi connectivity index (χ4v) is 2.06. The molecule has 3 rings (SSSR count). The summed E-state index contributed by atoms with van der Waals surface area (Å²) in [5.41, 5.74) is 8.68. The van der Waals surface area contributed by atoms with Crippen molar-refractivity contribution in [1.29, 1.82) is 0 Å². The number of rotatable bonds is 4. The molecule has 0 radical (unpaired) electrons. The summed E-state index contributed by atoms with van der Waals surface area (Å²) < 4.78 is 18.9. The average molecular weight is 298 g/mol. The number of pyridine rings is 1. The van der Waals surface area contributed by atoms with Crippen LogP contribution in [0.2, 0.25) is 0 Å². The highest BCUT2D eigenvalue weighted by atomic mass is 19.1. The van der Waals surface area contributed by atoms with Crippen LogP contribution in [-0.4, -0.2) is 15.2 Å². The van der Waals surface area contributed by atoms with Gasteiger partial charge in [-0.15, -0.1) is 0 Å². The molecule has 0 saturated heterocycles. The maximum absolute atomic E-state index is 13.0. The Labute approximate surface area is 127 Å². The third-order valence-electron chi connectivity index (χ3n) is 3.28. The van der Waals surface area contributed by atoms with Crippen LogP contribution in [0.25, 0.3) is 11.4 Å². The quantitative estimate of drug-likeness (QED) is 0.775. The Morgan fingerprint density at radius 3 is 2.82 bits per heavy atom. The van der Waals surface area contributed by atoms with Gasteiger partial charge in [0.25, 0.3) is 0 Å². The summed E-state index contributed by atoms with van der Waals surface area (Å²) in [6.07, 6.45) is 2.78. The lowest BCUT2D eigenvalue weighted by Crippen LogP contribution is -1.97. The number of halogens is 1. The number of aromatic amines is 1. The SMILES string of the molecule is Cc1ccc(CN)cc1Oc1c[nH]nc1-c1ccc(F)cn1. The predicted octanol–water partition coefficient (Wildman–Crippen LogP) is 3.17. The van der Waals surface area contributed by atoms with Crippen molar-refractivity contribution in [2.75, 3.05) is 0 Å². The van der Waals surface area contributed by atoms with Gasteiger partial charge in [0.1, 0.15) is 11.6 Å². The van der Waals surface area contributed by atoms with Crippen LogP contribution >= 0.6 is 0 Å². The van der Waals surface area contributed by atoms with Gasteiger partial charge >= 0.3 is 0 Å². The highest BCUT2D eigenvalue weighted by Gasteiger charge is 2.13. The van der Waals surface area contributed by atoms with Crippen molar-refractivity contribution < 1.29 is 9.13 Å². The topological polar surface area (TPSA) is 76.8 Å². The molecule has 0 atom stereocenters. The minimum atomic E-state index is -0.395. The first kappa shape index (κ1) is 14.2. The zero-order chi connectivity index (χ0) is 15.5. The van der Waals surface area contributed by atoms with Gasteiger partial charge < -0.3 is 10.5 Å². The third kappa shape index (κ3) is 2.82. The fraction of sp³-hybridized carbons (Fsp3) is 0.125. The van der Waals surface area contributed by atoms with Gasteiger partial charge in [0.2, 0.25) is 0 Å². The van der Waals surface area contributed by atoms with Crippen molar-refractivity contribution in [2.24, 2.45) is 5.73 Å². The first-order chi connectivity index (χ1) is 10.7. The number of nitrogens with zero attached hydrogens (tertiary/aromatic N) is 2. The number of aryl methyl sites for hydroxylation is 1. The highest BCUT2D eigenvalue weighted by Crippen LogP contribution is 2.32. The Hall–Kier alpha value is -2.73. The Morgan fingerprint density at radius 1 is 1.23 bits per heavy atom. The zero-order valence-corrected chi connectivity index (χ0v) is 12.0. The molecule has 112 valence electrons. The molecule has 0 fully saturated rings. The minimum absolute atomic E-state index is 0.395. The van der Waals surface area contributed by atoms with E-state index in [0.717, 1.165) is 17.3 Å². The maximum atomic E-state index is 13.0. The molecule has 0 aliphatic rings. The molecule has 2 aromatic heterocycles. The molecule has 1 aromatic carbocycles. The molecule has 6 heteroatoms. The van der Waals surface area contributed by atoms with E-state index in [1.54, 1.807) is 12.3 Å². The van der Waals surface area contributed by atoms with Gasteiger partial charge in [0.15, 0.2) is 11.4 Å². The van der Waals surface area contributed by atoms with E-state index < -0.39 is 5.82 Å². The van der Waals surface area contributed by atoms with E-state index in [1.165, 1.54) is 6.07 Å². The number of H-pyrrole nitrogens is 1. The van der Waals surface area contributed by atoms with E-state index in [1.807, 2.05) is 25.1 Å². The number of benzene rings is 1. The summed E-state index contributed by atoms with van der Waals surface area (Å²) in [5, 5.41) is 6.87. The van der Waals surface area contributed by atoms with Crippen molar-refractivity contribution in [3.05, 3.63) is 59.7 Å². The van der Waals surface area contributed by atoms with Gasteiger partial charge in [-0.3, -0.25) is 10.1 Å². The molecule has 3 N–H and O–H groups in total. The number of hydrogen-bond acceptors (Lipinski definition) is 4. The van der Waals surface area contributed by atoms with E-state index in [0.29, 0.717) is 29.4 Å². The molecule has 0 spiro atoms. The molecule has 0 unspecified atom stereocenters. The lowest BCUT2D eigenvalue weighted by Gasteiger charge is -2.10. The van der Waals surface area contributed by atoms with Crippen LogP contribution in [0.5, 0.6) is 11.5 Å². The summed E-state index contributed by atoms with van der Waals surface area (Å²) in [6, 6.07) is 8.69. The van der Waals surface area contributed by atoms with E-state index >= 15 is 0 Å². The summed E-state index contributed by atoms with van der Waals surface area (Å²) in [7, 11) is 0. The smallest absolute Gasteiger partial charge is 0.174 e. The minimum Gasteiger partial charge on any atom is -0.453 e. The first-order valence-electron chi connectivity index (χ1n) is 6.80. The fourth-order valence-electron chi connectivity index (χ4n) is 2.06. The zero-order valence-electron chi connectivity index (χ0n) is 12.0. The predicted molar refractivity (Wildman–Crippen MR) is 80.9 cm³/mol. The number of hydrogen-bond donors (Lipinski definition) is 2. The number of ether oxygens (including phenoxy) is 1. The molecule has 3 aromatic rings. The molecule has 0 aliphatic carbocycles. The summed E-state index contributed by atoms with van der Waals surface area (Å²) in [6.45, 7) is 2.39. The van der Waals surface area contributed by atoms with E-state index in [4.69, 9.17) is 10.5 Å². The van der Waals surface area contributed by atoms with E-state index in [2.05, 4.69) is 15.2 Å². The van der Waals surface area contributed by atoms with Gasteiger partial charge in [-0.05, 0) is 36.2 Å². The van der Waals surface area contributed by atoms with Gasteiger partial charge in [-0.1, -0.05) is 12.1 Å². The molecule has 22 heavy (non-hydrogen) atoms. The second kappa shape index (κ2) is 5.95. The standard InChI is InChI=1S/C16H15FN4O/c1-10-2-3-11(7-18)6-14(10)22-15-9-20-21-16(15)13-5-4-12(17)8-19-13/h2-6,8-9H,7,18H2,1H3,(H,20,21). The Morgan fingerprint density at radius 2 is 2.09 bits per heavy atom. The molecule has 5 nitrogen and oxygen atoms in total. The molecule has 2 heterocycles. The van der Waals surface area contributed by atoms with Crippen LogP contribution < -0.4 is 10.5 Å². The monoisotopic (exact) mass is 298 g/mol. The van der Waals surface area contributed by atoms with Crippen LogP contribution in [0.1, 0.15) is 11.1 Å². The Kier molecular flexibility index (Phi) is 3.84. The Balaban J connectivity index is 1.94. The van der Waals surface area contributed by atoms with Crippen LogP contribution in [0.4, 0.5) is 4.39 Å².